The maximum absolute atomic E-state index is 12.1. The predicted octanol–water partition coefficient (Wildman–Crippen LogP) is 3.38. The Kier molecular flexibility index (Phi) is 8.55. The first-order valence-electron chi connectivity index (χ1n) is 7.33. The van der Waals surface area contributed by atoms with Crippen LogP contribution >= 0.6 is 36.2 Å². The molecule has 1 aliphatic rings. The number of nitrogens with zero attached hydrogens (tertiary/aromatic N) is 1. The number of thiazole rings is 1. The van der Waals surface area contributed by atoms with Gasteiger partial charge in [-0.2, -0.15) is 0 Å². The molecule has 1 amide bonds. The van der Waals surface area contributed by atoms with Crippen LogP contribution in [0.2, 0.25) is 0 Å². The van der Waals surface area contributed by atoms with E-state index in [0.29, 0.717) is 11.6 Å². The molecule has 2 N–H and O–H groups in total. The highest BCUT2D eigenvalue weighted by molar-refractivity contribution is 7.13. The van der Waals surface area contributed by atoms with Crippen molar-refractivity contribution in [3.63, 3.8) is 0 Å². The van der Waals surface area contributed by atoms with Gasteiger partial charge in [-0.15, -0.1) is 36.2 Å². The molecule has 1 aromatic heterocycles. The highest BCUT2D eigenvalue weighted by Crippen LogP contribution is 2.23. The number of aromatic nitrogens is 1. The van der Waals surface area contributed by atoms with Gasteiger partial charge in [-0.25, -0.2) is 4.98 Å². The van der Waals surface area contributed by atoms with E-state index in [1.807, 2.05) is 35.7 Å². The van der Waals surface area contributed by atoms with E-state index in [0.717, 1.165) is 36.6 Å². The maximum Gasteiger partial charge on any atom is 0.270 e. The largest absolute Gasteiger partial charge is 0.351 e. The van der Waals surface area contributed by atoms with E-state index in [2.05, 4.69) is 15.6 Å². The number of hydrogen-bond acceptors (Lipinski definition) is 4. The summed E-state index contributed by atoms with van der Waals surface area (Å²) in [5.41, 5.74) is 1.57. The van der Waals surface area contributed by atoms with Crippen LogP contribution < -0.4 is 10.6 Å². The van der Waals surface area contributed by atoms with Gasteiger partial charge in [0.1, 0.15) is 10.7 Å². The molecule has 1 fully saturated rings. The Balaban J connectivity index is 0.00000132. The van der Waals surface area contributed by atoms with Gasteiger partial charge in [0.05, 0.1) is 0 Å². The van der Waals surface area contributed by atoms with Gasteiger partial charge < -0.3 is 10.6 Å². The molecule has 0 saturated carbocycles. The lowest BCUT2D eigenvalue weighted by Gasteiger charge is -2.08. The molecule has 0 spiro atoms. The van der Waals surface area contributed by atoms with Gasteiger partial charge in [0, 0.05) is 17.5 Å². The lowest BCUT2D eigenvalue weighted by atomic mass is 10.1. The van der Waals surface area contributed by atoms with Crippen molar-refractivity contribution in [2.45, 2.75) is 12.8 Å². The van der Waals surface area contributed by atoms with Crippen LogP contribution in [0.1, 0.15) is 23.3 Å². The quantitative estimate of drug-likeness (QED) is 0.844. The smallest absolute Gasteiger partial charge is 0.270 e. The van der Waals surface area contributed by atoms with Crippen LogP contribution in [0.5, 0.6) is 0 Å². The summed E-state index contributed by atoms with van der Waals surface area (Å²) in [6, 6.07) is 9.95. The van der Waals surface area contributed by atoms with Gasteiger partial charge >= 0.3 is 0 Å². The topological polar surface area (TPSA) is 54.0 Å². The first-order chi connectivity index (χ1) is 10.3. The fraction of sp³-hybridized carbons (Fsp3) is 0.375. The predicted molar refractivity (Wildman–Crippen MR) is 100.0 cm³/mol. The van der Waals surface area contributed by atoms with E-state index < -0.39 is 0 Å². The van der Waals surface area contributed by atoms with Crippen LogP contribution in [-0.4, -0.2) is 30.5 Å². The van der Waals surface area contributed by atoms with Crippen LogP contribution in [0.3, 0.4) is 0 Å². The number of benzene rings is 1. The van der Waals surface area contributed by atoms with Gasteiger partial charge in [-0.05, 0) is 31.8 Å². The SMILES string of the molecule is Cl.Cl.O=C(NCCC1CCNC1)c1csc(-c2ccccc2)n1. The molecule has 1 unspecified atom stereocenters. The first-order valence-corrected chi connectivity index (χ1v) is 8.21. The molecule has 23 heavy (non-hydrogen) atoms. The van der Waals surface area contributed by atoms with Crippen molar-refractivity contribution in [1.29, 1.82) is 0 Å². The number of nitrogens with one attached hydrogen (secondary N) is 2. The van der Waals surface area contributed by atoms with Crippen molar-refractivity contribution >= 4 is 42.1 Å². The zero-order chi connectivity index (χ0) is 14.5. The van der Waals surface area contributed by atoms with E-state index >= 15 is 0 Å². The Morgan fingerprint density at radius 1 is 1.30 bits per heavy atom. The maximum atomic E-state index is 12.1. The number of halogens is 2. The highest BCUT2D eigenvalue weighted by Gasteiger charge is 2.15. The summed E-state index contributed by atoms with van der Waals surface area (Å²) in [6.45, 7) is 2.90. The van der Waals surface area contributed by atoms with Gasteiger partial charge in [-0.3, -0.25) is 4.79 Å². The minimum absolute atomic E-state index is 0. The molecule has 1 aromatic carbocycles. The molecule has 2 heterocycles. The number of hydrogen-bond donors (Lipinski definition) is 2. The lowest BCUT2D eigenvalue weighted by molar-refractivity contribution is 0.0947. The molecule has 1 aliphatic heterocycles. The number of amides is 1. The molecule has 0 bridgehead atoms. The summed E-state index contributed by atoms with van der Waals surface area (Å²) < 4.78 is 0. The minimum atomic E-state index is -0.0700. The summed E-state index contributed by atoms with van der Waals surface area (Å²) in [5.74, 6) is 0.625. The van der Waals surface area contributed by atoms with Gasteiger partial charge in [-0.1, -0.05) is 30.3 Å². The second-order valence-corrected chi connectivity index (χ2v) is 6.17. The Bertz CT molecular complexity index is 600. The molecular weight excluding hydrogens is 353 g/mol. The third kappa shape index (κ3) is 5.46. The lowest BCUT2D eigenvalue weighted by Crippen LogP contribution is -2.26. The first kappa shape index (κ1) is 19.9. The molecule has 7 heteroatoms. The van der Waals surface area contributed by atoms with Gasteiger partial charge in [0.2, 0.25) is 0 Å². The Labute approximate surface area is 152 Å². The molecular formula is C16H21Cl2N3OS. The van der Waals surface area contributed by atoms with Crippen LogP contribution in [-0.2, 0) is 0 Å². The molecule has 1 atom stereocenters. The number of carbonyl (C=O) groups is 1. The van der Waals surface area contributed by atoms with Crippen molar-refractivity contribution in [2.24, 2.45) is 5.92 Å². The molecule has 0 aliphatic carbocycles. The van der Waals surface area contributed by atoms with Crippen molar-refractivity contribution < 1.29 is 4.79 Å². The zero-order valence-corrected chi connectivity index (χ0v) is 15.1. The third-order valence-electron chi connectivity index (χ3n) is 3.76. The fourth-order valence-electron chi connectivity index (χ4n) is 2.53. The normalized spacial score (nSPS) is 16.3. The van der Waals surface area contributed by atoms with E-state index in [4.69, 9.17) is 0 Å². The van der Waals surface area contributed by atoms with E-state index in [9.17, 15) is 4.79 Å². The standard InChI is InChI=1S/C16H19N3OS.2ClH/c20-15(18-9-7-12-6-8-17-10-12)14-11-21-16(19-14)13-4-2-1-3-5-13;;/h1-5,11-12,17H,6-10H2,(H,18,20);2*1H. The Morgan fingerprint density at radius 3 is 2.78 bits per heavy atom. The van der Waals surface area contributed by atoms with E-state index in [1.165, 1.54) is 17.8 Å². The summed E-state index contributed by atoms with van der Waals surface area (Å²) in [5, 5.41) is 9.03. The molecule has 1 saturated heterocycles. The van der Waals surface area contributed by atoms with Crippen LogP contribution in [0.15, 0.2) is 35.7 Å². The highest BCUT2D eigenvalue weighted by atomic mass is 35.5. The Hall–Kier alpha value is -1.14. The van der Waals surface area contributed by atoms with Crippen LogP contribution in [0.25, 0.3) is 10.6 Å². The van der Waals surface area contributed by atoms with Gasteiger partial charge in [0.15, 0.2) is 0 Å². The average Bonchev–Trinajstić information content (AvgIpc) is 3.20. The molecule has 2 aromatic rings. The number of carbonyl (C=O) groups excluding carboxylic acids is 1. The van der Waals surface area contributed by atoms with Crippen LogP contribution in [0.4, 0.5) is 0 Å². The average molecular weight is 374 g/mol. The van der Waals surface area contributed by atoms with E-state index in [-0.39, 0.29) is 30.7 Å². The monoisotopic (exact) mass is 373 g/mol. The second kappa shape index (κ2) is 9.88. The molecule has 0 radical (unpaired) electrons. The van der Waals surface area contributed by atoms with E-state index in [1.54, 1.807) is 0 Å². The fourth-order valence-corrected chi connectivity index (χ4v) is 3.34. The minimum Gasteiger partial charge on any atom is -0.351 e. The van der Waals surface area contributed by atoms with Gasteiger partial charge in [0.25, 0.3) is 5.91 Å². The van der Waals surface area contributed by atoms with Crippen molar-refractivity contribution in [1.82, 2.24) is 15.6 Å². The van der Waals surface area contributed by atoms with Crippen molar-refractivity contribution in [2.75, 3.05) is 19.6 Å². The van der Waals surface area contributed by atoms with Crippen molar-refractivity contribution in [3.8, 4) is 10.6 Å². The van der Waals surface area contributed by atoms with Crippen LogP contribution in [0, 0.1) is 5.92 Å². The molecule has 126 valence electrons. The summed E-state index contributed by atoms with van der Waals surface area (Å²) in [4.78, 5) is 16.5. The summed E-state index contributed by atoms with van der Waals surface area (Å²) in [6.07, 6.45) is 2.25. The van der Waals surface area contributed by atoms with Crippen molar-refractivity contribution in [3.05, 3.63) is 41.4 Å². The molecule has 3 rings (SSSR count). The Morgan fingerprint density at radius 2 is 2.09 bits per heavy atom. The summed E-state index contributed by atoms with van der Waals surface area (Å²) >= 11 is 1.51. The zero-order valence-electron chi connectivity index (χ0n) is 12.7. The summed E-state index contributed by atoms with van der Waals surface area (Å²) in [7, 11) is 0. The number of rotatable bonds is 5. The molecule has 4 nitrogen and oxygen atoms in total. The third-order valence-corrected chi connectivity index (χ3v) is 4.65. The second-order valence-electron chi connectivity index (χ2n) is 5.31.